The number of benzene rings is 3. The summed E-state index contributed by atoms with van der Waals surface area (Å²) in [6.45, 7) is 0. The van der Waals surface area contributed by atoms with Crippen molar-refractivity contribution in [1.82, 2.24) is 0 Å². The summed E-state index contributed by atoms with van der Waals surface area (Å²) in [6, 6.07) is 23.5. The topological polar surface area (TPSA) is 117 Å². The minimum Gasteiger partial charge on any atom is -0.769 e. The zero-order valence-electron chi connectivity index (χ0n) is 17.8. The van der Waals surface area contributed by atoms with E-state index in [1.165, 1.54) is 12.1 Å². The average Bonchev–Trinajstić information content (AvgIpc) is 2.84. The molecule has 0 amide bonds. The monoisotopic (exact) mass is 444 g/mol. The van der Waals surface area contributed by atoms with Crippen LogP contribution in [0.15, 0.2) is 102 Å². The van der Waals surface area contributed by atoms with Crippen LogP contribution in [0, 0.1) is 10.4 Å². The van der Waals surface area contributed by atoms with E-state index in [1.54, 1.807) is 0 Å². The van der Waals surface area contributed by atoms with Gasteiger partial charge in [-0.1, -0.05) is 78.9 Å². The number of rotatable bonds is 10. The quantitative estimate of drug-likeness (QED) is 0.207. The van der Waals surface area contributed by atoms with E-state index in [9.17, 15) is 20.8 Å². The lowest BCUT2D eigenvalue weighted by molar-refractivity contribution is 0.0295. The second kappa shape index (κ2) is 12.2. The molecule has 3 N–H and O–H groups in total. The molecule has 0 aliphatic rings. The number of hydrogen-bond donors (Lipinski definition) is 3. The highest BCUT2D eigenvalue weighted by atomic mass is 16.8. The van der Waals surface area contributed by atoms with E-state index < -0.39 is 5.23 Å². The summed E-state index contributed by atoms with van der Waals surface area (Å²) in [4.78, 5) is 0. The molecular formula is C25H24N4O4-2. The summed E-state index contributed by atoms with van der Waals surface area (Å²) < 4.78 is 0. The Labute approximate surface area is 192 Å². The van der Waals surface area contributed by atoms with Crippen LogP contribution in [0.3, 0.4) is 0 Å². The van der Waals surface area contributed by atoms with Crippen molar-refractivity contribution in [2.24, 2.45) is 5.10 Å². The highest BCUT2D eigenvalue weighted by molar-refractivity contribution is 5.96. The predicted molar refractivity (Wildman–Crippen MR) is 132 cm³/mol. The van der Waals surface area contributed by atoms with E-state index in [4.69, 9.17) is 0 Å². The van der Waals surface area contributed by atoms with Crippen molar-refractivity contribution >= 4 is 28.8 Å². The normalized spacial score (nSPS) is 11.8. The summed E-state index contributed by atoms with van der Waals surface area (Å²) in [5, 5.41) is 44.5. The van der Waals surface area contributed by atoms with E-state index in [2.05, 4.69) is 10.5 Å². The molecule has 0 aromatic heterocycles. The first-order valence-electron chi connectivity index (χ1n) is 10.3. The first kappa shape index (κ1) is 23.7. The van der Waals surface area contributed by atoms with E-state index in [-0.39, 0.29) is 22.3 Å². The molecule has 0 heterocycles. The van der Waals surface area contributed by atoms with Gasteiger partial charge in [0.05, 0.1) is 11.4 Å². The molecule has 8 heteroatoms. The Kier molecular flexibility index (Phi) is 8.75. The molecule has 0 aliphatic heterocycles. The molecular weight excluding hydrogens is 420 g/mol. The second-order valence-corrected chi connectivity index (χ2v) is 7.08. The van der Waals surface area contributed by atoms with Crippen LogP contribution in [-0.2, 0) is 6.42 Å². The molecule has 0 bridgehead atoms. The lowest BCUT2D eigenvalue weighted by Gasteiger charge is -2.37. The van der Waals surface area contributed by atoms with Crippen LogP contribution in [0.5, 0.6) is 0 Å². The van der Waals surface area contributed by atoms with Crippen LogP contribution in [-0.4, -0.2) is 16.1 Å². The number of hydrogen-bond acceptors (Lipinski definition) is 8. The third kappa shape index (κ3) is 7.60. The Morgan fingerprint density at radius 3 is 2.27 bits per heavy atom. The largest absolute Gasteiger partial charge is 0.769 e. The van der Waals surface area contributed by atoms with Crippen LogP contribution in [0.4, 0.5) is 17.1 Å². The maximum atomic E-state index is 11.0. The Bertz CT molecular complexity index is 1100. The molecule has 3 aromatic rings. The number of nitrogens with one attached hydrogen (secondary N) is 1. The number of hydrazone groups is 1. The molecule has 33 heavy (non-hydrogen) atoms. The number of anilines is 3. The van der Waals surface area contributed by atoms with Crippen molar-refractivity contribution < 1.29 is 10.4 Å². The molecule has 0 saturated heterocycles. The molecule has 170 valence electrons. The molecule has 0 aliphatic carbocycles. The summed E-state index contributed by atoms with van der Waals surface area (Å²) >= 11 is 0. The van der Waals surface area contributed by atoms with Crippen molar-refractivity contribution in [2.75, 3.05) is 15.9 Å². The minimum absolute atomic E-state index is 0.174. The van der Waals surface area contributed by atoms with Crippen LogP contribution in [0.2, 0.25) is 0 Å². The molecule has 3 aromatic carbocycles. The molecule has 0 saturated carbocycles. The van der Waals surface area contributed by atoms with Gasteiger partial charge in [-0.25, -0.2) is 0 Å². The van der Waals surface area contributed by atoms with Gasteiger partial charge < -0.3 is 15.6 Å². The molecule has 0 spiro atoms. The second-order valence-electron chi connectivity index (χ2n) is 7.08. The zero-order chi connectivity index (χ0) is 23.5. The predicted octanol–water partition coefficient (Wildman–Crippen LogP) is 5.74. The first-order valence-corrected chi connectivity index (χ1v) is 10.3. The number of aryl methyl sites for hydroxylation is 1. The highest BCUT2D eigenvalue weighted by Crippen LogP contribution is 2.29. The maximum absolute atomic E-state index is 11.0. The van der Waals surface area contributed by atoms with Crippen LogP contribution in [0.25, 0.3) is 6.08 Å². The van der Waals surface area contributed by atoms with Gasteiger partial charge in [-0.15, -0.1) is 5.23 Å². The Morgan fingerprint density at radius 1 is 0.909 bits per heavy atom. The Balaban J connectivity index is 1.78. The Morgan fingerprint density at radius 2 is 1.61 bits per heavy atom. The standard InChI is InChI=1S/C25H24N4O4/c30-28(31)23-17-18-24(25(19-23)29(32)33)27-26-22(16-15-21-11-5-2-6-12-21)14-8-7-13-20-9-3-1-4-10-20/h1-14,17-19,27,32-33H,15-16H2/q-2. The summed E-state index contributed by atoms with van der Waals surface area (Å²) in [5.41, 5.74) is 5.47. The van der Waals surface area contributed by atoms with Crippen LogP contribution < -0.4 is 15.9 Å². The van der Waals surface area contributed by atoms with Crippen molar-refractivity contribution in [1.29, 1.82) is 0 Å². The fraction of sp³-hybridized carbons (Fsp3) is 0.0800. The fourth-order valence-corrected chi connectivity index (χ4v) is 3.02. The van der Waals surface area contributed by atoms with Gasteiger partial charge in [0.15, 0.2) is 0 Å². The van der Waals surface area contributed by atoms with Gasteiger partial charge in [0.25, 0.3) is 0 Å². The smallest absolute Gasteiger partial charge is 0.121 e. The van der Waals surface area contributed by atoms with Crippen molar-refractivity contribution in [3.8, 4) is 0 Å². The SMILES string of the molecule is [O-]N([O-])c1ccc(NN=C(C=CC=Cc2ccccc2)CCc2ccccc2)c(N(O)O)c1. The molecule has 0 atom stereocenters. The van der Waals surface area contributed by atoms with Gasteiger partial charge in [0.2, 0.25) is 0 Å². The van der Waals surface area contributed by atoms with E-state index in [1.807, 2.05) is 85.0 Å². The van der Waals surface area contributed by atoms with Gasteiger partial charge in [-0.2, -0.15) is 5.10 Å². The van der Waals surface area contributed by atoms with Crippen molar-refractivity contribution in [2.45, 2.75) is 12.8 Å². The highest BCUT2D eigenvalue weighted by Gasteiger charge is 2.08. The van der Waals surface area contributed by atoms with Gasteiger partial charge in [0, 0.05) is 5.69 Å². The Hall–Kier alpha value is -3.95. The van der Waals surface area contributed by atoms with Gasteiger partial charge in [0.1, 0.15) is 5.69 Å². The zero-order valence-corrected chi connectivity index (χ0v) is 17.8. The van der Waals surface area contributed by atoms with Crippen LogP contribution in [0.1, 0.15) is 17.5 Å². The minimum atomic E-state index is -0.618. The van der Waals surface area contributed by atoms with Gasteiger partial charge in [-0.3, -0.25) is 15.8 Å². The van der Waals surface area contributed by atoms with Gasteiger partial charge >= 0.3 is 0 Å². The first-order chi connectivity index (χ1) is 16.0. The number of allylic oxidation sites excluding steroid dienone is 3. The summed E-state index contributed by atoms with van der Waals surface area (Å²) in [6.07, 6.45) is 9.00. The third-order valence-electron chi connectivity index (χ3n) is 4.73. The van der Waals surface area contributed by atoms with E-state index in [0.29, 0.717) is 12.1 Å². The lowest BCUT2D eigenvalue weighted by atomic mass is 10.1. The number of nitrogens with zero attached hydrogens (tertiary/aromatic N) is 3. The third-order valence-corrected chi connectivity index (χ3v) is 4.73. The summed E-state index contributed by atoms with van der Waals surface area (Å²) in [7, 11) is 0. The van der Waals surface area contributed by atoms with Crippen molar-refractivity contribution in [3.05, 3.63) is 119 Å². The lowest BCUT2D eigenvalue weighted by Crippen LogP contribution is -2.14. The van der Waals surface area contributed by atoms with E-state index in [0.717, 1.165) is 23.6 Å². The maximum Gasteiger partial charge on any atom is 0.121 e. The molecule has 3 rings (SSSR count). The van der Waals surface area contributed by atoms with Crippen LogP contribution >= 0.6 is 0 Å². The molecule has 8 nitrogen and oxygen atoms in total. The average molecular weight is 444 g/mol. The van der Waals surface area contributed by atoms with E-state index >= 15 is 0 Å². The molecule has 0 unspecified atom stereocenters. The van der Waals surface area contributed by atoms with Crippen molar-refractivity contribution in [3.63, 3.8) is 0 Å². The molecule has 0 radical (unpaired) electrons. The molecule has 0 fully saturated rings. The fourth-order valence-electron chi connectivity index (χ4n) is 3.02. The van der Waals surface area contributed by atoms with Gasteiger partial charge in [-0.05, 0) is 48.2 Å². The summed E-state index contributed by atoms with van der Waals surface area (Å²) in [5.74, 6) is 0.